The van der Waals surface area contributed by atoms with E-state index < -0.39 is 10.0 Å². The molecule has 0 aliphatic carbocycles. The summed E-state index contributed by atoms with van der Waals surface area (Å²) in [6.45, 7) is 8.03. The van der Waals surface area contributed by atoms with Crippen LogP contribution in [0.2, 0.25) is 0 Å². The second-order valence-corrected chi connectivity index (χ2v) is 11.4. The Balaban J connectivity index is 1.21. The number of nitrogens with one attached hydrogen (secondary N) is 1. The highest BCUT2D eigenvalue weighted by atomic mass is 32.2. The highest BCUT2D eigenvalue weighted by Gasteiger charge is 2.28. The van der Waals surface area contributed by atoms with Crippen LogP contribution in [0.15, 0.2) is 83.8 Å². The molecule has 4 rings (SSSR count). The third-order valence-corrected chi connectivity index (χ3v) is 8.43. The van der Waals surface area contributed by atoms with E-state index in [0.29, 0.717) is 62.3 Å². The summed E-state index contributed by atoms with van der Waals surface area (Å²) >= 11 is 0. The molecule has 1 N–H and O–H groups in total. The van der Waals surface area contributed by atoms with Crippen molar-refractivity contribution in [1.29, 1.82) is 0 Å². The molecule has 1 amide bonds. The summed E-state index contributed by atoms with van der Waals surface area (Å²) in [5.74, 6) is 1.09. The maximum atomic E-state index is 12.8. The fraction of sp³-hybridized carbons (Fsp3) is 0.345. The van der Waals surface area contributed by atoms with Crippen LogP contribution in [-0.4, -0.2) is 62.9 Å². The van der Waals surface area contributed by atoms with Crippen molar-refractivity contribution < 1.29 is 17.9 Å². The molecule has 0 saturated carbocycles. The van der Waals surface area contributed by atoms with Crippen molar-refractivity contribution in [3.63, 3.8) is 0 Å². The van der Waals surface area contributed by atoms with E-state index in [9.17, 15) is 13.2 Å². The van der Waals surface area contributed by atoms with Gasteiger partial charge in [0.05, 0.1) is 11.4 Å². The number of hydrogen-bond donors (Lipinski definition) is 1. The van der Waals surface area contributed by atoms with Gasteiger partial charge in [-0.1, -0.05) is 62.4 Å². The Morgan fingerprint density at radius 1 is 0.892 bits per heavy atom. The van der Waals surface area contributed by atoms with Gasteiger partial charge in [-0.3, -0.25) is 9.69 Å². The molecule has 1 fully saturated rings. The normalized spacial score (nSPS) is 15.0. The molecule has 0 radical (unpaired) electrons. The van der Waals surface area contributed by atoms with Gasteiger partial charge in [-0.15, -0.1) is 0 Å². The van der Waals surface area contributed by atoms with Gasteiger partial charge < -0.3 is 10.1 Å². The Labute approximate surface area is 220 Å². The molecule has 7 nitrogen and oxygen atoms in total. The number of ether oxygens (including phenoxy) is 1. The third-order valence-electron chi connectivity index (χ3n) is 6.52. The molecule has 0 bridgehead atoms. The van der Waals surface area contributed by atoms with E-state index >= 15 is 0 Å². The first-order valence-electron chi connectivity index (χ1n) is 12.7. The Bertz CT molecular complexity index is 1270. The lowest BCUT2D eigenvalue weighted by Crippen LogP contribution is -2.48. The minimum atomic E-state index is -3.45. The maximum Gasteiger partial charge on any atom is 0.251 e. The zero-order chi connectivity index (χ0) is 26.3. The van der Waals surface area contributed by atoms with Crippen molar-refractivity contribution in [3.05, 3.63) is 95.6 Å². The maximum absolute atomic E-state index is 12.8. The summed E-state index contributed by atoms with van der Waals surface area (Å²) in [5, 5.41) is 2.91. The van der Waals surface area contributed by atoms with Crippen LogP contribution in [0.3, 0.4) is 0 Å². The Hall–Kier alpha value is -3.20. The summed E-state index contributed by atoms with van der Waals surface area (Å²) in [4.78, 5) is 15.1. The fourth-order valence-corrected chi connectivity index (χ4v) is 5.85. The van der Waals surface area contributed by atoms with Crippen LogP contribution >= 0.6 is 0 Å². The lowest BCUT2D eigenvalue weighted by Gasteiger charge is -2.34. The van der Waals surface area contributed by atoms with Crippen molar-refractivity contribution >= 4 is 15.9 Å². The summed E-state index contributed by atoms with van der Waals surface area (Å²) in [7, 11) is -3.45. The number of amides is 1. The van der Waals surface area contributed by atoms with Crippen molar-refractivity contribution in [2.24, 2.45) is 0 Å². The summed E-state index contributed by atoms with van der Waals surface area (Å²) in [6.07, 6.45) is 0. The van der Waals surface area contributed by atoms with Crippen molar-refractivity contribution in [2.45, 2.75) is 31.2 Å². The van der Waals surface area contributed by atoms with Crippen LogP contribution in [0.25, 0.3) is 0 Å². The standard InChI is InChI=1S/C29H35N3O4S/c1-23(2)27-10-6-7-11-28(27)36-21-16-30-29(33)25-14-12-24(13-15-25)22-31-17-19-32(20-18-31)37(34,35)26-8-4-3-5-9-26/h3-15,23H,16-22H2,1-2H3,(H,30,33). The van der Waals surface area contributed by atoms with Crippen LogP contribution < -0.4 is 10.1 Å². The Morgan fingerprint density at radius 3 is 2.22 bits per heavy atom. The van der Waals surface area contributed by atoms with Gasteiger partial charge in [0.2, 0.25) is 10.0 Å². The second kappa shape index (κ2) is 12.4. The van der Waals surface area contributed by atoms with Crippen LogP contribution in [0, 0.1) is 0 Å². The molecule has 0 aromatic heterocycles. The van der Waals surface area contributed by atoms with E-state index in [-0.39, 0.29) is 5.91 Å². The Morgan fingerprint density at radius 2 is 1.54 bits per heavy atom. The SMILES string of the molecule is CC(C)c1ccccc1OCCNC(=O)c1ccc(CN2CCN(S(=O)(=O)c3ccccc3)CC2)cc1. The lowest BCUT2D eigenvalue weighted by molar-refractivity contribution is 0.0947. The van der Waals surface area contributed by atoms with Gasteiger partial charge in [0.15, 0.2) is 0 Å². The highest BCUT2D eigenvalue weighted by Crippen LogP contribution is 2.25. The molecule has 196 valence electrons. The number of nitrogens with zero attached hydrogens (tertiary/aromatic N) is 2. The number of para-hydroxylation sites is 1. The molecule has 8 heteroatoms. The molecule has 0 unspecified atom stereocenters. The highest BCUT2D eigenvalue weighted by molar-refractivity contribution is 7.89. The van der Waals surface area contributed by atoms with E-state index in [1.165, 1.54) is 0 Å². The topological polar surface area (TPSA) is 79.0 Å². The molecule has 1 aliphatic rings. The molecular formula is C29H35N3O4S. The fourth-order valence-electron chi connectivity index (χ4n) is 4.41. The first-order chi connectivity index (χ1) is 17.8. The van der Waals surface area contributed by atoms with Gasteiger partial charge in [0.1, 0.15) is 12.4 Å². The summed E-state index contributed by atoms with van der Waals surface area (Å²) in [6, 6.07) is 24.1. The van der Waals surface area contributed by atoms with Gasteiger partial charge in [0.25, 0.3) is 5.91 Å². The summed E-state index contributed by atoms with van der Waals surface area (Å²) in [5.41, 5.74) is 2.85. The Kier molecular flexibility index (Phi) is 8.97. The monoisotopic (exact) mass is 521 g/mol. The van der Waals surface area contributed by atoms with E-state index in [1.54, 1.807) is 28.6 Å². The van der Waals surface area contributed by atoms with Gasteiger partial charge >= 0.3 is 0 Å². The number of benzene rings is 3. The molecule has 0 spiro atoms. The van der Waals surface area contributed by atoms with Crippen LogP contribution in [0.4, 0.5) is 0 Å². The number of piperazine rings is 1. The predicted octanol–water partition coefficient (Wildman–Crippen LogP) is 4.13. The number of rotatable bonds is 10. The largest absolute Gasteiger partial charge is 0.491 e. The minimum Gasteiger partial charge on any atom is -0.491 e. The zero-order valence-electron chi connectivity index (χ0n) is 21.5. The van der Waals surface area contributed by atoms with Gasteiger partial charge in [-0.25, -0.2) is 8.42 Å². The molecule has 3 aromatic carbocycles. The molecule has 3 aromatic rings. The predicted molar refractivity (Wildman–Crippen MR) is 145 cm³/mol. The molecule has 37 heavy (non-hydrogen) atoms. The number of carbonyl (C=O) groups excluding carboxylic acids is 1. The summed E-state index contributed by atoms with van der Waals surface area (Å²) < 4.78 is 33.1. The zero-order valence-corrected chi connectivity index (χ0v) is 22.3. The van der Waals surface area contributed by atoms with Crippen LogP contribution in [0.1, 0.15) is 41.3 Å². The van der Waals surface area contributed by atoms with Gasteiger partial charge in [0, 0.05) is 38.3 Å². The second-order valence-electron chi connectivity index (χ2n) is 9.49. The van der Waals surface area contributed by atoms with Crippen LogP contribution in [0.5, 0.6) is 5.75 Å². The van der Waals surface area contributed by atoms with Crippen molar-refractivity contribution in [2.75, 3.05) is 39.3 Å². The average molecular weight is 522 g/mol. The number of sulfonamides is 1. The van der Waals surface area contributed by atoms with E-state index in [2.05, 4.69) is 30.1 Å². The van der Waals surface area contributed by atoms with Gasteiger partial charge in [-0.05, 0) is 47.4 Å². The lowest BCUT2D eigenvalue weighted by atomic mass is 10.0. The number of hydrogen-bond acceptors (Lipinski definition) is 5. The molecule has 1 saturated heterocycles. The quantitative estimate of drug-likeness (QED) is 0.406. The molecule has 1 heterocycles. The minimum absolute atomic E-state index is 0.132. The molecular weight excluding hydrogens is 486 g/mol. The smallest absolute Gasteiger partial charge is 0.251 e. The number of carbonyl (C=O) groups is 1. The third kappa shape index (κ3) is 6.97. The van der Waals surface area contributed by atoms with Gasteiger partial charge in [-0.2, -0.15) is 4.31 Å². The molecule has 0 atom stereocenters. The van der Waals surface area contributed by atoms with Crippen molar-refractivity contribution in [3.8, 4) is 5.75 Å². The van der Waals surface area contributed by atoms with Crippen molar-refractivity contribution in [1.82, 2.24) is 14.5 Å². The molecule has 1 aliphatic heterocycles. The van der Waals surface area contributed by atoms with E-state index in [1.807, 2.05) is 48.5 Å². The van der Waals surface area contributed by atoms with E-state index in [4.69, 9.17) is 4.74 Å². The average Bonchev–Trinajstić information content (AvgIpc) is 2.92. The first-order valence-corrected chi connectivity index (χ1v) is 14.1. The van der Waals surface area contributed by atoms with Crippen LogP contribution in [-0.2, 0) is 16.6 Å². The van der Waals surface area contributed by atoms with E-state index in [0.717, 1.165) is 16.9 Å². The first kappa shape index (κ1) is 26.9.